The Labute approximate surface area is 189 Å². The van der Waals surface area contributed by atoms with Gasteiger partial charge >= 0.3 is 0 Å². The molecular weight excluding hydrogens is 402 g/mol. The van der Waals surface area contributed by atoms with E-state index in [0.717, 1.165) is 44.7 Å². The standard InChI is InChI=1S/C27H27NO2S/c1-4-19-31-27(28-23-9-7-6-8-10-23)20-26(21-11-15-24(29-3)16-12-21)22-13-17-25(18-14-22)30-5-2/h4,6-18,20H,1,5,19H2,2-3H3. The summed E-state index contributed by atoms with van der Waals surface area (Å²) in [5.41, 5.74) is 4.18. The van der Waals surface area contributed by atoms with Crippen molar-refractivity contribution in [1.82, 2.24) is 0 Å². The maximum atomic E-state index is 5.61. The molecule has 0 heterocycles. The minimum absolute atomic E-state index is 0.645. The molecular formula is C27H27NO2S. The van der Waals surface area contributed by atoms with E-state index in [1.165, 1.54) is 0 Å². The van der Waals surface area contributed by atoms with Gasteiger partial charge in [0.05, 0.1) is 24.4 Å². The first-order chi connectivity index (χ1) is 15.2. The highest BCUT2D eigenvalue weighted by molar-refractivity contribution is 8.14. The summed E-state index contributed by atoms with van der Waals surface area (Å²) in [7, 11) is 1.68. The van der Waals surface area contributed by atoms with Crippen molar-refractivity contribution >= 4 is 28.1 Å². The van der Waals surface area contributed by atoms with Gasteiger partial charge in [-0.15, -0.1) is 18.3 Å². The molecule has 0 fully saturated rings. The highest BCUT2D eigenvalue weighted by Gasteiger charge is 2.09. The van der Waals surface area contributed by atoms with Crippen LogP contribution in [0.3, 0.4) is 0 Å². The molecule has 0 saturated carbocycles. The highest BCUT2D eigenvalue weighted by Crippen LogP contribution is 2.29. The first kappa shape index (κ1) is 22.4. The second kappa shape index (κ2) is 11.8. The van der Waals surface area contributed by atoms with Crippen molar-refractivity contribution in [1.29, 1.82) is 0 Å². The second-order valence-electron chi connectivity index (χ2n) is 6.63. The number of benzene rings is 3. The molecule has 0 aliphatic rings. The minimum atomic E-state index is 0.645. The molecule has 158 valence electrons. The third-order valence-corrected chi connectivity index (χ3v) is 5.40. The van der Waals surface area contributed by atoms with Gasteiger partial charge in [0.2, 0.25) is 0 Å². The molecule has 3 nitrogen and oxygen atoms in total. The van der Waals surface area contributed by atoms with Gasteiger partial charge < -0.3 is 9.47 Å². The van der Waals surface area contributed by atoms with Crippen LogP contribution >= 0.6 is 11.8 Å². The fourth-order valence-electron chi connectivity index (χ4n) is 3.01. The molecule has 0 atom stereocenters. The molecule has 0 aromatic heterocycles. The van der Waals surface area contributed by atoms with E-state index < -0.39 is 0 Å². The molecule has 0 aliphatic carbocycles. The Hall–Kier alpha value is -3.24. The summed E-state index contributed by atoms with van der Waals surface area (Å²) in [6.07, 6.45) is 4.03. The lowest BCUT2D eigenvalue weighted by molar-refractivity contribution is 0.340. The summed E-state index contributed by atoms with van der Waals surface area (Å²) < 4.78 is 11.0. The topological polar surface area (TPSA) is 30.8 Å². The SMILES string of the molecule is C=CCSC(C=C(c1ccc(OC)cc1)c1ccc(OCC)cc1)=Nc1ccccc1. The number of ether oxygens (including phenoxy) is 2. The van der Waals surface area contributed by atoms with Gasteiger partial charge in [-0.2, -0.15) is 0 Å². The fraction of sp³-hybridized carbons (Fsp3) is 0.148. The third-order valence-electron chi connectivity index (χ3n) is 4.49. The molecule has 0 unspecified atom stereocenters. The van der Waals surface area contributed by atoms with Crippen molar-refractivity contribution in [2.45, 2.75) is 6.92 Å². The Bertz CT molecular complexity index is 1020. The van der Waals surface area contributed by atoms with E-state index in [-0.39, 0.29) is 0 Å². The average molecular weight is 430 g/mol. The molecule has 3 aromatic carbocycles. The van der Waals surface area contributed by atoms with Crippen LogP contribution in [0.2, 0.25) is 0 Å². The summed E-state index contributed by atoms with van der Waals surface area (Å²) in [5.74, 6) is 2.47. The number of para-hydroxylation sites is 1. The van der Waals surface area contributed by atoms with E-state index in [4.69, 9.17) is 14.5 Å². The van der Waals surface area contributed by atoms with Crippen LogP contribution in [0.1, 0.15) is 18.1 Å². The van der Waals surface area contributed by atoms with Crippen molar-refractivity contribution in [3.8, 4) is 11.5 Å². The lowest BCUT2D eigenvalue weighted by atomic mass is 9.97. The molecule has 31 heavy (non-hydrogen) atoms. The van der Waals surface area contributed by atoms with Crippen LogP contribution < -0.4 is 9.47 Å². The Morgan fingerprint density at radius 3 is 2.06 bits per heavy atom. The zero-order chi connectivity index (χ0) is 21.9. The largest absolute Gasteiger partial charge is 0.497 e. The molecule has 0 spiro atoms. The quantitative estimate of drug-likeness (QED) is 0.205. The van der Waals surface area contributed by atoms with E-state index in [9.17, 15) is 0 Å². The van der Waals surface area contributed by atoms with E-state index >= 15 is 0 Å². The van der Waals surface area contributed by atoms with Gasteiger partial charge in [0.1, 0.15) is 11.5 Å². The Balaban J connectivity index is 2.08. The van der Waals surface area contributed by atoms with Gasteiger partial charge in [-0.3, -0.25) is 0 Å². The number of nitrogens with zero attached hydrogens (tertiary/aromatic N) is 1. The summed E-state index contributed by atoms with van der Waals surface area (Å²) in [4.78, 5) is 4.87. The van der Waals surface area contributed by atoms with Crippen molar-refractivity contribution in [2.75, 3.05) is 19.5 Å². The van der Waals surface area contributed by atoms with Crippen molar-refractivity contribution in [3.05, 3.63) is 109 Å². The Morgan fingerprint density at radius 1 is 0.903 bits per heavy atom. The number of thioether (sulfide) groups is 1. The van der Waals surface area contributed by atoms with Gasteiger partial charge in [-0.25, -0.2) is 4.99 Å². The molecule has 0 saturated heterocycles. The smallest absolute Gasteiger partial charge is 0.119 e. The zero-order valence-electron chi connectivity index (χ0n) is 18.0. The molecule has 0 N–H and O–H groups in total. The lowest BCUT2D eigenvalue weighted by Gasteiger charge is -2.12. The lowest BCUT2D eigenvalue weighted by Crippen LogP contribution is -1.96. The number of hydrogen-bond donors (Lipinski definition) is 0. The van der Waals surface area contributed by atoms with Crippen molar-refractivity contribution < 1.29 is 9.47 Å². The van der Waals surface area contributed by atoms with Gasteiger partial charge in [0.15, 0.2) is 0 Å². The third kappa shape index (κ3) is 6.63. The molecule has 0 amide bonds. The van der Waals surface area contributed by atoms with Gasteiger partial charge in [-0.1, -0.05) is 48.5 Å². The normalized spacial score (nSPS) is 11.8. The molecule has 3 aromatic rings. The highest BCUT2D eigenvalue weighted by atomic mass is 32.2. The average Bonchev–Trinajstić information content (AvgIpc) is 2.82. The zero-order valence-corrected chi connectivity index (χ0v) is 18.8. The first-order valence-electron chi connectivity index (χ1n) is 10.2. The van der Waals surface area contributed by atoms with E-state index in [0.29, 0.717) is 6.61 Å². The van der Waals surface area contributed by atoms with Crippen LogP contribution in [-0.4, -0.2) is 24.5 Å². The van der Waals surface area contributed by atoms with Gasteiger partial charge in [0, 0.05) is 5.75 Å². The second-order valence-corrected chi connectivity index (χ2v) is 7.67. The van der Waals surface area contributed by atoms with Crippen molar-refractivity contribution in [3.63, 3.8) is 0 Å². The minimum Gasteiger partial charge on any atom is -0.497 e. The Morgan fingerprint density at radius 2 is 1.52 bits per heavy atom. The number of hydrogen-bond acceptors (Lipinski definition) is 4. The van der Waals surface area contributed by atoms with E-state index in [1.54, 1.807) is 18.9 Å². The number of rotatable bonds is 9. The van der Waals surface area contributed by atoms with Crippen LogP contribution in [0.25, 0.3) is 5.57 Å². The van der Waals surface area contributed by atoms with Crippen LogP contribution in [-0.2, 0) is 0 Å². The molecule has 0 bridgehead atoms. The van der Waals surface area contributed by atoms with E-state index in [1.807, 2.05) is 67.6 Å². The van der Waals surface area contributed by atoms with Crippen LogP contribution in [0.5, 0.6) is 11.5 Å². The van der Waals surface area contributed by atoms with E-state index in [2.05, 4.69) is 36.9 Å². The molecule has 0 aliphatic heterocycles. The van der Waals surface area contributed by atoms with Crippen LogP contribution in [0.4, 0.5) is 5.69 Å². The van der Waals surface area contributed by atoms with Crippen LogP contribution in [0, 0.1) is 0 Å². The molecule has 4 heteroatoms. The Kier molecular flexibility index (Phi) is 8.56. The summed E-state index contributed by atoms with van der Waals surface area (Å²) in [5, 5.41) is 0.922. The van der Waals surface area contributed by atoms with Crippen LogP contribution in [0.15, 0.2) is 103 Å². The number of methoxy groups -OCH3 is 1. The molecule has 0 radical (unpaired) electrons. The monoisotopic (exact) mass is 429 g/mol. The summed E-state index contributed by atoms with van der Waals surface area (Å²) in [6, 6.07) is 26.3. The maximum Gasteiger partial charge on any atom is 0.119 e. The van der Waals surface area contributed by atoms with Gasteiger partial charge in [0.25, 0.3) is 0 Å². The summed E-state index contributed by atoms with van der Waals surface area (Å²) >= 11 is 1.66. The maximum absolute atomic E-state index is 5.61. The van der Waals surface area contributed by atoms with Crippen molar-refractivity contribution in [2.24, 2.45) is 4.99 Å². The predicted octanol–water partition coefficient (Wildman–Crippen LogP) is 7.18. The van der Waals surface area contributed by atoms with Gasteiger partial charge in [-0.05, 0) is 66.1 Å². The predicted molar refractivity (Wildman–Crippen MR) is 134 cm³/mol. The number of aliphatic imine (C=N–C) groups is 1. The first-order valence-corrected chi connectivity index (χ1v) is 11.2. The molecule has 3 rings (SSSR count). The summed E-state index contributed by atoms with van der Waals surface area (Å²) in [6.45, 7) is 6.49. The fourth-order valence-corrected chi connectivity index (χ4v) is 3.66.